The van der Waals surface area contributed by atoms with Crippen LogP contribution >= 0.6 is 12.2 Å². The lowest BCUT2D eigenvalue weighted by molar-refractivity contribution is 0.414. The molecule has 5 nitrogen and oxygen atoms in total. The number of ether oxygens (including phenoxy) is 1. The van der Waals surface area contributed by atoms with Crippen LogP contribution in [0, 0.1) is 13.8 Å². The highest BCUT2D eigenvalue weighted by Gasteiger charge is 2.42. The second-order valence-electron chi connectivity index (χ2n) is 8.27. The van der Waals surface area contributed by atoms with Crippen molar-refractivity contribution in [2.24, 2.45) is 0 Å². The minimum Gasteiger partial charge on any atom is -0.497 e. The summed E-state index contributed by atoms with van der Waals surface area (Å²) >= 11 is 5.88. The van der Waals surface area contributed by atoms with E-state index in [2.05, 4.69) is 82.3 Å². The Balaban J connectivity index is 1.67. The predicted molar refractivity (Wildman–Crippen MR) is 136 cm³/mol. The van der Waals surface area contributed by atoms with E-state index < -0.39 is 0 Å². The topological polar surface area (TPSA) is 42.3 Å². The average molecular weight is 455 g/mol. The van der Waals surface area contributed by atoms with Gasteiger partial charge in [0.05, 0.1) is 18.8 Å². The van der Waals surface area contributed by atoms with E-state index >= 15 is 0 Å². The van der Waals surface area contributed by atoms with Crippen LogP contribution in [-0.2, 0) is 0 Å². The van der Waals surface area contributed by atoms with Gasteiger partial charge in [-0.1, -0.05) is 18.2 Å². The molecule has 0 amide bonds. The maximum Gasteiger partial charge on any atom is 0.174 e. The first-order valence-electron chi connectivity index (χ1n) is 11.0. The summed E-state index contributed by atoms with van der Waals surface area (Å²) in [5.41, 5.74) is 6.66. The normalized spacial score (nSPS) is 17.8. The molecule has 1 saturated heterocycles. The molecule has 166 valence electrons. The van der Waals surface area contributed by atoms with E-state index in [0.717, 1.165) is 28.5 Å². The molecule has 0 bridgehead atoms. The standard InChI is InChI=1S/C27H26N4OS/c1-18-12-13-21(16-19(18)2)31-26(25(29-27(31)33)23-10-4-5-14-28-23)24-11-7-15-30(24)20-8-6-9-22(17-20)32-3/h4-17,25-26H,1-3H3,(H,29,33)/t25-,26+/m1/s1. The summed E-state index contributed by atoms with van der Waals surface area (Å²) in [6, 6.07) is 24.6. The van der Waals surface area contributed by atoms with Gasteiger partial charge in [0, 0.05) is 35.5 Å². The van der Waals surface area contributed by atoms with Gasteiger partial charge in [-0.25, -0.2) is 0 Å². The van der Waals surface area contributed by atoms with E-state index in [0.29, 0.717) is 5.11 Å². The van der Waals surface area contributed by atoms with E-state index in [1.165, 1.54) is 11.1 Å². The molecule has 6 heteroatoms. The summed E-state index contributed by atoms with van der Waals surface area (Å²) in [5.74, 6) is 0.819. The van der Waals surface area contributed by atoms with Crippen LogP contribution in [0.15, 0.2) is 85.2 Å². The molecule has 5 rings (SSSR count). The van der Waals surface area contributed by atoms with Crippen molar-refractivity contribution >= 4 is 23.0 Å². The molecule has 2 aromatic carbocycles. The molecule has 3 heterocycles. The number of methoxy groups -OCH3 is 1. The van der Waals surface area contributed by atoms with Gasteiger partial charge in [-0.15, -0.1) is 0 Å². The molecular weight excluding hydrogens is 428 g/mol. The fourth-order valence-corrected chi connectivity index (χ4v) is 4.79. The van der Waals surface area contributed by atoms with Crippen LogP contribution in [0.3, 0.4) is 0 Å². The Morgan fingerprint density at radius 3 is 2.55 bits per heavy atom. The van der Waals surface area contributed by atoms with Gasteiger partial charge in [-0.3, -0.25) is 4.98 Å². The van der Waals surface area contributed by atoms with Crippen LogP contribution in [0.25, 0.3) is 5.69 Å². The highest BCUT2D eigenvalue weighted by atomic mass is 32.1. The zero-order valence-corrected chi connectivity index (χ0v) is 19.7. The minimum atomic E-state index is -0.0976. The van der Waals surface area contributed by atoms with E-state index in [4.69, 9.17) is 17.0 Å². The summed E-state index contributed by atoms with van der Waals surface area (Å²) in [6.07, 6.45) is 3.91. The lowest BCUT2D eigenvalue weighted by Gasteiger charge is -2.29. The van der Waals surface area contributed by atoms with Crippen molar-refractivity contribution in [2.45, 2.75) is 25.9 Å². The number of rotatable bonds is 5. The van der Waals surface area contributed by atoms with Crippen LogP contribution in [-0.4, -0.2) is 21.8 Å². The van der Waals surface area contributed by atoms with E-state index in [9.17, 15) is 0 Å². The zero-order valence-electron chi connectivity index (χ0n) is 18.9. The Morgan fingerprint density at radius 2 is 1.79 bits per heavy atom. The van der Waals surface area contributed by atoms with E-state index in [-0.39, 0.29) is 12.1 Å². The first-order valence-corrected chi connectivity index (χ1v) is 11.4. The van der Waals surface area contributed by atoms with Gasteiger partial charge in [-0.05, 0) is 85.7 Å². The van der Waals surface area contributed by atoms with Crippen molar-refractivity contribution in [1.29, 1.82) is 0 Å². The summed E-state index contributed by atoms with van der Waals surface area (Å²) in [4.78, 5) is 6.88. The third-order valence-electron chi connectivity index (χ3n) is 6.28. The Hall–Kier alpha value is -3.64. The van der Waals surface area contributed by atoms with Crippen molar-refractivity contribution in [2.75, 3.05) is 12.0 Å². The summed E-state index contributed by atoms with van der Waals surface area (Å²) in [5, 5.41) is 4.24. The second kappa shape index (κ2) is 8.71. The lowest BCUT2D eigenvalue weighted by Crippen LogP contribution is -2.30. The van der Waals surface area contributed by atoms with Gasteiger partial charge in [0.2, 0.25) is 0 Å². The molecule has 1 N–H and O–H groups in total. The number of aryl methyl sites for hydroxylation is 2. The monoisotopic (exact) mass is 454 g/mol. The third-order valence-corrected chi connectivity index (χ3v) is 6.60. The molecule has 1 aliphatic rings. The molecule has 1 fully saturated rings. The number of anilines is 1. The van der Waals surface area contributed by atoms with Crippen molar-refractivity contribution in [3.05, 3.63) is 108 Å². The van der Waals surface area contributed by atoms with E-state index in [1.54, 1.807) is 7.11 Å². The molecule has 2 aromatic heterocycles. The molecule has 0 saturated carbocycles. The zero-order chi connectivity index (χ0) is 22.9. The maximum atomic E-state index is 5.88. The summed E-state index contributed by atoms with van der Waals surface area (Å²) in [6.45, 7) is 4.26. The number of aromatic nitrogens is 2. The van der Waals surface area contributed by atoms with Crippen LogP contribution in [0.4, 0.5) is 5.69 Å². The molecule has 1 aliphatic heterocycles. The second-order valence-corrected chi connectivity index (χ2v) is 8.66. The van der Waals surface area contributed by atoms with Gasteiger partial charge in [0.1, 0.15) is 11.8 Å². The fourth-order valence-electron chi connectivity index (χ4n) is 4.44. The number of thiocarbonyl (C=S) groups is 1. The smallest absolute Gasteiger partial charge is 0.174 e. The SMILES string of the molecule is COc1cccc(-n2cccc2[C@H]2[C@@H](c3ccccn3)NC(=S)N2c2ccc(C)c(C)c2)c1. The first-order chi connectivity index (χ1) is 16.1. The summed E-state index contributed by atoms with van der Waals surface area (Å²) in [7, 11) is 1.69. The molecule has 0 spiro atoms. The Kier molecular flexibility index (Phi) is 5.60. The first kappa shape index (κ1) is 21.2. The van der Waals surface area contributed by atoms with Crippen LogP contribution < -0.4 is 15.0 Å². The molecule has 0 aliphatic carbocycles. The van der Waals surface area contributed by atoms with E-state index in [1.807, 2.05) is 36.5 Å². The predicted octanol–water partition coefficient (Wildman–Crippen LogP) is 5.67. The van der Waals surface area contributed by atoms with Crippen molar-refractivity contribution in [3.63, 3.8) is 0 Å². The Bertz CT molecular complexity index is 1300. The number of hydrogen-bond acceptors (Lipinski definition) is 3. The van der Waals surface area contributed by atoms with Gasteiger partial charge < -0.3 is 19.5 Å². The van der Waals surface area contributed by atoms with Gasteiger partial charge >= 0.3 is 0 Å². The molecule has 0 radical (unpaired) electrons. The Labute approximate surface area is 199 Å². The number of pyridine rings is 1. The van der Waals surface area contributed by atoms with Crippen molar-refractivity contribution in [3.8, 4) is 11.4 Å². The molecule has 2 atom stereocenters. The number of nitrogens with one attached hydrogen (secondary N) is 1. The van der Waals surface area contributed by atoms with Crippen LogP contribution in [0.1, 0.15) is 34.6 Å². The maximum absolute atomic E-state index is 5.88. The van der Waals surface area contributed by atoms with Crippen LogP contribution in [0.5, 0.6) is 5.75 Å². The molecule has 33 heavy (non-hydrogen) atoms. The largest absolute Gasteiger partial charge is 0.497 e. The highest BCUT2D eigenvalue weighted by Crippen LogP contribution is 2.42. The molecular formula is C27H26N4OS. The number of benzene rings is 2. The van der Waals surface area contributed by atoms with Crippen molar-refractivity contribution in [1.82, 2.24) is 14.9 Å². The summed E-state index contributed by atoms with van der Waals surface area (Å²) < 4.78 is 7.67. The minimum absolute atomic E-state index is 0.0873. The molecule has 0 unspecified atom stereocenters. The van der Waals surface area contributed by atoms with Gasteiger partial charge in [-0.2, -0.15) is 0 Å². The van der Waals surface area contributed by atoms with Gasteiger partial charge in [0.15, 0.2) is 5.11 Å². The van der Waals surface area contributed by atoms with Gasteiger partial charge in [0.25, 0.3) is 0 Å². The average Bonchev–Trinajstić information content (AvgIpc) is 3.46. The quantitative estimate of drug-likeness (QED) is 0.393. The highest BCUT2D eigenvalue weighted by molar-refractivity contribution is 7.80. The number of hydrogen-bond donors (Lipinski definition) is 1. The third kappa shape index (κ3) is 3.87. The number of nitrogens with zero attached hydrogens (tertiary/aromatic N) is 3. The van der Waals surface area contributed by atoms with Crippen molar-refractivity contribution < 1.29 is 4.74 Å². The Morgan fingerprint density at radius 1 is 0.909 bits per heavy atom. The van der Waals surface area contributed by atoms with Crippen LogP contribution in [0.2, 0.25) is 0 Å². The molecule has 4 aromatic rings. The lowest BCUT2D eigenvalue weighted by atomic mass is 10.00. The fraction of sp³-hybridized carbons (Fsp3) is 0.185.